The van der Waals surface area contributed by atoms with E-state index in [1.54, 1.807) is 13.2 Å². The maximum atomic E-state index is 12.7. The molecule has 0 aromatic heterocycles. The Labute approximate surface area is 197 Å². The van der Waals surface area contributed by atoms with Crippen molar-refractivity contribution in [2.75, 3.05) is 20.3 Å². The molecule has 6 nitrogen and oxygen atoms in total. The number of thiocarbonyl (C=S) groups is 1. The number of hydrogen-bond acceptors (Lipinski definition) is 6. The van der Waals surface area contributed by atoms with Crippen molar-refractivity contribution >= 4 is 46.2 Å². The third kappa shape index (κ3) is 6.66. The van der Waals surface area contributed by atoms with Crippen molar-refractivity contribution in [2.24, 2.45) is 0 Å². The highest BCUT2D eigenvalue weighted by Crippen LogP contribution is 2.32. The van der Waals surface area contributed by atoms with E-state index in [0.29, 0.717) is 28.6 Å². The molecular weight excluding hydrogens is 444 g/mol. The van der Waals surface area contributed by atoms with Gasteiger partial charge in [0.25, 0.3) is 5.91 Å². The molecule has 8 heteroatoms. The average Bonchev–Trinajstić information content (AvgIpc) is 3.07. The van der Waals surface area contributed by atoms with E-state index in [4.69, 9.17) is 17.0 Å². The van der Waals surface area contributed by atoms with Crippen LogP contribution in [0.4, 0.5) is 0 Å². The summed E-state index contributed by atoms with van der Waals surface area (Å²) >= 11 is 6.63. The summed E-state index contributed by atoms with van der Waals surface area (Å²) in [6.45, 7) is 0.242. The molecule has 1 aliphatic rings. The van der Waals surface area contributed by atoms with E-state index in [9.17, 15) is 14.7 Å². The van der Waals surface area contributed by atoms with Crippen LogP contribution < -0.4 is 10.1 Å². The summed E-state index contributed by atoms with van der Waals surface area (Å²) in [6.07, 6.45) is 3.10. The van der Waals surface area contributed by atoms with Crippen LogP contribution in [0.3, 0.4) is 0 Å². The maximum Gasteiger partial charge on any atom is 0.266 e. The van der Waals surface area contributed by atoms with Gasteiger partial charge in [0.2, 0.25) is 5.91 Å². The lowest BCUT2D eigenvalue weighted by Crippen LogP contribution is -2.39. The summed E-state index contributed by atoms with van der Waals surface area (Å²) in [6, 6.07) is 16.8. The number of thioether (sulfide) groups is 1. The van der Waals surface area contributed by atoms with Crippen LogP contribution in [0.1, 0.15) is 24.0 Å². The standard InChI is InChI=1S/C24H26N2O4S2/c1-30-20-11-9-18(10-12-20)15-21-23(29)26(24(31)32-21)13-5-8-22(28)25-19(16-27)14-17-6-3-2-4-7-17/h2-4,6-7,9-12,15,19,27H,5,8,13-14,16H2,1H3,(H,25,28)/b21-15-. The summed E-state index contributed by atoms with van der Waals surface area (Å²) < 4.78 is 5.64. The molecule has 1 atom stereocenters. The zero-order valence-electron chi connectivity index (χ0n) is 17.8. The number of aliphatic hydroxyl groups excluding tert-OH is 1. The van der Waals surface area contributed by atoms with Gasteiger partial charge in [-0.3, -0.25) is 14.5 Å². The molecular formula is C24H26N2O4S2. The van der Waals surface area contributed by atoms with Crippen molar-refractivity contribution in [3.63, 3.8) is 0 Å². The predicted octanol–water partition coefficient (Wildman–Crippen LogP) is 3.40. The van der Waals surface area contributed by atoms with Crippen LogP contribution in [0.15, 0.2) is 59.5 Å². The number of ether oxygens (including phenoxy) is 1. The van der Waals surface area contributed by atoms with Gasteiger partial charge in [-0.2, -0.15) is 0 Å². The predicted molar refractivity (Wildman–Crippen MR) is 131 cm³/mol. The summed E-state index contributed by atoms with van der Waals surface area (Å²) in [5, 5.41) is 12.4. The van der Waals surface area contributed by atoms with Crippen LogP contribution in [0.5, 0.6) is 5.75 Å². The van der Waals surface area contributed by atoms with Gasteiger partial charge in [-0.15, -0.1) is 0 Å². The summed E-state index contributed by atoms with van der Waals surface area (Å²) in [5.74, 6) is 0.452. The van der Waals surface area contributed by atoms with Gasteiger partial charge in [-0.25, -0.2) is 0 Å². The van der Waals surface area contributed by atoms with E-state index in [-0.39, 0.29) is 30.9 Å². The maximum absolute atomic E-state index is 12.7. The Morgan fingerprint density at radius 2 is 1.94 bits per heavy atom. The highest BCUT2D eigenvalue weighted by Gasteiger charge is 2.31. The lowest BCUT2D eigenvalue weighted by atomic mass is 10.1. The molecule has 32 heavy (non-hydrogen) atoms. The number of nitrogens with one attached hydrogen (secondary N) is 1. The monoisotopic (exact) mass is 470 g/mol. The number of benzene rings is 2. The highest BCUT2D eigenvalue weighted by molar-refractivity contribution is 8.26. The van der Waals surface area contributed by atoms with Crippen molar-refractivity contribution in [3.05, 3.63) is 70.6 Å². The molecule has 0 aliphatic carbocycles. The number of carbonyl (C=O) groups is 2. The second kappa shape index (κ2) is 11.8. The molecule has 0 bridgehead atoms. The van der Waals surface area contributed by atoms with E-state index in [1.807, 2.05) is 54.6 Å². The first-order valence-corrected chi connectivity index (χ1v) is 11.6. The minimum atomic E-state index is -0.339. The van der Waals surface area contributed by atoms with Crippen molar-refractivity contribution in [1.29, 1.82) is 0 Å². The Kier molecular flexibility index (Phi) is 8.84. The molecule has 1 unspecified atom stereocenters. The number of hydrogen-bond donors (Lipinski definition) is 2. The van der Waals surface area contributed by atoms with Gasteiger partial charge in [0.15, 0.2) is 0 Å². The van der Waals surface area contributed by atoms with Gasteiger partial charge in [-0.1, -0.05) is 66.4 Å². The molecule has 1 aliphatic heterocycles. The third-order valence-electron chi connectivity index (χ3n) is 4.98. The number of nitrogens with zero attached hydrogens (tertiary/aromatic N) is 1. The van der Waals surface area contributed by atoms with Crippen molar-refractivity contribution in [3.8, 4) is 5.75 Å². The van der Waals surface area contributed by atoms with Crippen LogP contribution in [-0.4, -0.2) is 52.4 Å². The Bertz CT molecular complexity index is 977. The lowest BCUT2D eigenvalue weighted by molar-refractivity contribution is -0.124. The summed E-state index contributed by atoms with van der Waals surface area (Å²) in [5.41, 5.74) is 1.94. The second-order valence-corrected chi connectivity index (χ2v) is 9.02. The van der Waals surface area contributed by atoms with Gasteiger partial charge in [0.05, 0.1) is 24.7 Å². The zero-order chi connectivity index (χ0) is 22.9. The van der Waals surface area contributed by atoms with Crippen LogP contribution in [-0.2, 0) is 16.0 Å². The molecule has 1 heterocycles. The Balaban J connectivity index is 1.48. The van der Waals surface area contributed by atoms with Crippen molar-refractivity contribution in [2.45, 2.75) is 25.3 Å². The molecule has 0 saturated carbocycles. The van der Waals surface area contributed by atoms with E-state index in [0.717, 1.165) is 16.9 Å². The van der Waals surface area contributed by atoms with Gasteiger partial charge >= 0.3 is 0 Å². The van der Waals surface area contributed by atoms with E-state index in [1.165, 1.54) is 16.7 Å². The largest absolute Gasteiger partial charge is 0.497 e. The Morgan fingerprint density at radius 1 is 1.22 bits per heavy atom. The van der Waals surface area contributed by atoms with Crippen LogP contribution >= 0.6 is 24.0 Å². The fraction of sp³-hybridized carbons (Fsp3) is 0.292. The van der Waals surface area contributed by atoms with Crippen LogP contribution in [0, 0.1) is 0 Å². The number of amides is 2. The normalized spacial score (nSPS) is 15.8. The van der Waals surface area contributed by atoms with Gasteiger partial charge in [0.1, 0.15) is 10.1 Å². The van der Waals surface area contributed by atoms with Gasteiger partial charge < -0.3 is 15.2 Å². The quantitative estimate of drug-likeness (QED) is 0.409. The minimum Gasteiger partial charge on any atom is -0.497 e. The molecule has 1 saturated heterocycles. The van der Waals surface area contributed by atoms with E-state index >= 15 is 0 Å². The lowest BCUT2D eigenvalue weighted by Gasteiger charge is -2.17. The molecule has 1 fully saturated rings. The fourth-order valence-corrected chi connectivity index (χ4v) is 4.61. The van der Waals surface area contributed by atoms with Crippen molar-refractivity contribution < 1.29 is 19.4 Å². The third-order valence-corrected chi connectivity index (χ3v) is 6.36. The van der Waals surface area contributed by atoms with E-state index in [2.05, 4.69) is 5.32 Å². The molecule has 2 aromatic rings. The van der Waals surface area contributed by atoms with Crippen molar-refractivity contribution in [1.82, 2.24) is 10.2 Å². The number of methoxy groups -OCH3 is 1. The number of aliphatic hydroxyl groups is 1. The molecule has 2 N–H and O–H groups in total. The molecule has 2 aromatic carbocycles. The molecule has 168 valence electrons. The molecule has 0 spiro atoms. The van der Waals surface area contributed by atoms with E-state index < -0.39 is 0 Å². The first-order chi connectivity index (χ1) is 15.5. The van der Waals surface area contributed by atoms with Crippen LogP contribution in [0.25, 0.3) is 6.08 Å². The Morgan fingerprint density at radius 3 is 2.59 bits per heavy atom. The van der Waals surface area contributed by atoms with Crippen LogP contribution in [0.2, 0.25) is 0 Å². The first-order valence-electron chi connectivity index (χ1n) is 10.3. The molecule has 2 amide bonds. The number of rotatable bonds is 10. The van der Waals surface area contributed by atoms with Gasteiger partial charge in [-0.05, 0) is 42.2 Å². The van der Waals surface area contributed by atoms with Gasteiger partial charge in [0, 0.05) is 13.0 Å². The Hall–Kier alpha value is -2.68. The second-order valence-electron chi connectivity index (χ2n) is 7.35. The zero-order valence-corrected chi connectivity index (χ0v) is 19.5. The SMILES string of the molecule is COc1ccc(/C=C2\SC(=S)N(CCCC(=O)NC(CO)Cc3ccccc3)C2=O)cc1. The molecule has 0 radical (unpaired) electrons. The number of carbonyl (C=O) groups excluding carboxylic acids is 2. The highest BCUT2D eigenvalue weighted by atomic mass is 32.2. The topological polar surface area (TPSA) is 78.9 Å². The summed E-state index contributed by atoms with van der Waals surface area (Å²) in [4.78, 5) is 27.1. The smallest absolute Gasteiger partial charge is 0.266 e. The fourth-order valence-electron chi connectivity index (χ4n) is 3.30. The first kappa shape index (κ1) is 24.0. The molecule has 3 rings (SSSR count). The summed E-state index contributed by atoms with van der Waals surface area (Å²) in [7, 11) is 1.60. The average molecular weight is 471 g/mol. The minimum absolute atomic E-state index is 0.133.